The van der Waals surface area contributed by atoms with E-state index < -0.39 is 0 Å². The molecule has 2 N–H and O–H groups in total. The minimum atomic E-state index is 0.330. The van der Waals surface area contributed by atoms with Crippen LogP contribution in [-0.4, -0.2) is 6.04 Å². The lowest BCUT2D eigenvalue weighted by molar-refractivity contribution is 0.669. The van der Waals surface area contributed by atoms with Crippen LogP contribution in [0, 0.1) is 6.92 Å². The first-order chi connectivity index (χ1) is 5.20. The number of hydrogen-bond acceptors (Lipinski definition) is 2. The van der Waals surface area contributed by atoms with E-state index in [1.807, 2.05) is 11.3 Å². The van der Waals surface area contributed by atoms with Crippen molar-refractivity contribution in [1.82, 2.24) is 0 Å². The van der Waals surface area contributed by atoms with Gasteiger partial charge in [0.05, 0.1) is 0 Å². The Bertz CT molecular complexity index is 215. The molecule has 0 unspecified atom stereocenters. The smallest absolute Gasteiger partial charge is 0.00749 e. The Hall–Kier alpha value is -0.340. The van der Waals surface area contributed by atoms with Crippen LogP contribution in [0.4, 0.5) is 0 Å². The van der Waals surface area contributed by atoms with Crippen LogP contribution in [0.15, 0.2) is 11.4 Å². The summed E-state index contributed by atoms with van der Waals surface area (Å²) in [5.74, 6) is 0. The molecule has 1 atom stereocenters. The van der Waals surface area contributed by atoms with Gasteiger partial charge in [0.25, 0.3) is 0 Å². The predicted octanol–water partition coefficient (Wildman–Crippen LogP) is 2.34. The van der Waals surface area contributed by atoms with Crippen LogP contribution in [0.1, 0.15) is 23.8 Å². The molecule has 11 heavy (non-hydrogen) atoms. The van der Waals surface area contributed by atoms with E-state index in [2.05, 4.69) is 25.3 Å². The summed E-state index contributed by atoms with van der Waals surface area (Å²) in [5.41, 5.74) is 7.08. The lowest BCUT2D eigenvalue weighted by atomic mass is 10.1. The Labute approximate surface area is 72.2 Å². The molecule has 0 spiro atoms. The monoisotopic (exact) mass is 169 g/mol. The van der Waals surface area contributed by atoms with Crippen molar-refractivity contribution in [2.75, 3.05) is 0 Å². The van der Waals surface area contributed by atoms with Crippen molar-refractivity contribution in [2.24, 2.45) is 5.73 Å². The van der Waals surface area contributed by atoms with E-state index in [4.69, 9.17) is 5.73 Å². The topological polar surface area (TPSA) is 26.0 Å². The highest BCUT2D eigenvalue weighted by Gasteiger charge is 2.00. The Balaban J connectivity index is 2.44. The fourth-order valence-electron chi connectivity index (χ4n) is 1.02. The van der Waals surface area contributed by atoms with Gasteiger partial charge in [-0.15, -0.1) is 11.3 Å². The van der Waals surface area contributed by atoms with E-state index in [0.717, 1.165) is 12.8 Å². The van der Waals surface area contributed by atoms with Gasteiger partial charge in [0.15, 0.2) is 0 Å². The van der Waals surface area contributed by atoms with Gasteiger partial charge in [-0.1, -0.05) is 0 Å². The number of rotatable bonds is 3. The fourth-order valence-corrected chi connectivity index (χ4v) is 1.95. The summed E-state index contributed by atoms with van der Waals surface area (Å²) < 4.78 is 0. The Morgan fingerprint density at radius 3 is 2.82 bits per heavy atom. The van der Waals surface area contributed by atoms with Gasteiger partial charge in [-0.05, 0) is 43.7 Å². The van der Waals surface area contributed by atoms with Crippen LogP contribution in [0.5, 0.6) is 0 Å². The molecule has 1 rings (SSSR count). The zero-order chi connectivity index (χ0) is 8.27. The number of thiophene rings is 1. The van der Waals surface area contributed by atoms with Crippen LogP contribution in [0.25, 0.3) is 0 Å². The SMILES string of the molecule is Cc1ccsc1CC[C@H](C)N. The zero-order valence-corrected chi connectivity index (χ0v) is 7.95. The molecule has 1 aromatic heterocycles. The van der Waals surface area contributed by atoms with Crippen LogP contribution in [0.2, 0.25) is 0 Å². The molecule has 0 aromatic carbocycles. The minimum absolute atomic E-state index is 0.330. The summed E-state index contributed by atoms with van der Waals surface area (Å²) in [6.07, 6.45) is 2.24. The van der Waals surface area contributed by atoms with Gasteiger partial charge in [-0.2, -0.15) is 0 Å². The molecule has 0 fully saturated rings. The highest BCUT2D eigenvalue weighted by Crippen LogP contribution is 2.17. The third-order valence-electron chi connectivity index (χ3n) is 1.79. The molecule has 0 amide bonds. The Morgan fingerprint density at radius 2 is 2.36 bits per heavy atom. The molecule has 0 aliphatic rings. The van der Waals surface area contributed by atoms with Gasteiger partial charge in [0.1, 0.15) is 0 Å². The maximum atomic E-state index is 5.66. The van der Waals surface area contributed by atoms with Gasteiger partial charge < -0.3 is 5.73 Å². The Kier molecular flexibility index (Phi) is 3.09. The molecular formula is C9H15NS. The summed E-state index contributed by atoms with van der Waals surface area (Å²) in [6.45, 7) is 4.22. The molecular weight excluding hydrogens is 154 g/mol. The van der Waals surface area contributed by atoms with Gasteiger partial charge in [0.2, 0.25) is 0 Å². The van der Waals surface area contributed by atoms with Crippen molar-refractivity contribution in [3.8, 4) is 0 Å². The maximum absolute atomic E-state index is 5.66. The lowest BCUT2D eigenvalue weighted by Crippen LogP contribution is -2.15. The summed E-state index contributed by atoms with van der Waals surface area (Å²) in [4.78, 5) is 1.49. The summed E-state index contributed by atoms with van der Waals surface area (Å²) >= 11 is 1.84. The molecule has 1 aromatic rings. The van der Waals surface area contributed by atoms with Gasteiger partial charge in [0, 0.05) is 10.9 Å². The summed E-state index contributed by atoms with van der Waals surface area (Å²) in [5, 5.41) is 2.14. The molecule has 1 nitrogen and oxygen atoms in total. The van der Waals surface area contributed by atoms with E-state index in [1.54, 1.807) is 0 Å². The third kappa shape index (κ3) is 2.64. The molecule has 62 valence electrons. The highest BCUT2D eigenvalue weighted by atomic mass is 32.1. The highest BCUT2D eigenvalue weighted by molar-refractivity contribution is 7.10. The van der Waals surface area contributed by atoms with Crippen LogP contribution >= 0.6 is 11.3 Å². The molecule has 0 saturated heterocycles. The second-order valence-corrected chi connectivity index (χ2v) is 4.04. The van der Waals surface area contributed by atoms with Crippen molar-refractivity contribution >= 4 is 11.3 Å². The van der Waals surface area contributed by atoms with Crippen molar-refractivity contribution in [1.29, 1.82) is 0 Å². The van der Waals surface area contributed by atoms with Crippen LogP contribution in [0.3, 0.4) is 0 Å². The molecule has 0 aliphatic carbocycles. The second kappa shape index (κ2) is 3.88. The minimum Gasteiger partial charge on any atom is -0.328 e. The van der Waals surface area contributed by atoms with Crippen molar-refractivity contribution in [3.05, 3.63) is 21.9 Å². The van der Waals surface area contributed by atoms with Crippen molar-refractivity contribution < 1.29 is 0 Å². The molecule has 0 aliphatic heterocycles. The van der Waals surface area contributed by atoms with Crippen molar-refractivity contribution in [3.63, 3.8) is 0 Å². The van der Waals surface area contributed by atoms with E-state index in [0.29, 0.717) is 6.04 Å². The first-order valence-electron chi connectivity index (χ1n) is 3.98. The van der Waals surface area contributed by atoms with E-state index in [-0.39, 0.29) is 0 Å². The third-order valence-corrected chi connectivity index (χ3v) is 2.88. The van der Waals surface area contributed by atoms with Gasteiger partial charge in [-0.25, -0.2) is 0 Å². The summed E-state index contributed by atoms with van der Waals surface area (Å²) in [6, 6.07) is 2.50. The molecule has 2 heteroatoms. The Morgan fingerprint density at radius 1 is 1.64 bits per heavy atom. The largest absolute Gasteiger partial charge is 0.328 e. The van der Waals surface area contributed by atoms with Crippen LogP contribution in [-0.2, 0) is 6.42 Å². The normalized spacial score (nSPS) is 13.4. The van der Waals surface area contributed by atoms with Gasteiger partial charge in [-0.3, -0.25) is 0 Å². The molecule has 0 bridgehead atoms. The second-order valence-electron chi connectivity index (χ2n) is 3.04. The predicted molar refractivity (Wildman–Crippen MR) is 51.0 cm³/mol. The number of nitrogens with two attached hydrogens (primary N) is 1. The number of aryl methyl sites for hydroxylation is 2. The van der Waals surface area contributed by atoms with E-state index in [9.17, 15) is 0 Å². The zero-order valence-electron chi connectivity index (χ0n) is 7.13. The lowest BCUT2D eigenvalue weighted by Gasteiger charge is -2.02. The summed E-state index contributed by atoms with van der Waals surface area (Å²) in [7, 11) is 0. The van der Waals surface area contributed by atoms with Gasteiger partial charge >= 0.3 is 0 Å². The van der Waals surface area contributed by atoms with Crippen molar-refractivity contribution in [2.45, 2.75) is 32.7 Å². The standard InChI is InChI=1S/C9H15NS/c1-7-5-6-11-9(7)4-3-8(2)10/h5-6,8H,3-4,10H2,1-2H3/t8-/m0/s1. The quantitative estimate of drug-likeness (QED) is 0.738. The first-order valence-corrected chi connectivity index (χ1v) is 4.86. The molecule has 0 radical (unpaired) electrons. The van der Waals surface area contributed by atoms with Crippen LogP contribution < -0.4 is 5.73 Å². The van der Waals surface area contributed by atoms with E-state index in [1.165, 1.54) is 10.4 Å². The molecule has 0 saturated carbocycles. The van der Waals surface area contributed by atoms with E-state index >= 15 is 0 Å². The average molecular weight is 169 g/mol. The first kappa shape index (κ1) is 8.75. The average Bonchev–Trinajstić information content (AvgIpc) is 2.31. The number of hydrogen-bond donors (Lipinski definition) is 1. The molecule has 1 heterocycles. The fraction of sp³-hybridized carbons (Fsp3) is 0.556. The maximum Gasteiger partial charge on any atom is 0.00749 e.